The SMILES string of the molecule is CCc1[nH]c(C2CCOC2)nc(=S)c1C. The van der Waals surface area contributed by atoms with Crippen molar-refractivity contribution in [2.24, 2.45) is 0 Å². The zero-order valence-electron chi connectivity index (χ0n) is 9.17. The molecular formula is C11H16N2OS. The zero-order chi connectivity index (χ0) is 10.8. The lowest BCUT2D eigenvalue weighted by Crippen LogP contribution is -2.08. The van der Waals surface area contributed by atoms with Crippen LogP contribution >= 0.6 is 12.2 Å². The number of hydrogen-bond acceptors (Lipinski definition) is 3. The van der Waals surface area contributed by atoms with Crippen molar-refractivity contribution in [1.82, 2.24) is 9.97 Å². The van der Waals surface area contributed by atoms with Crippen LogP contribution in [0.25, 0.3) is 0 Å². The molecule has 0 aliphatic carbocycles. The van der Waals surface area contributed by atoms with Crippen LogP contribution in [0.15, 0.2) is 0 Å². The predicted molar refractivity (Wildman–Crippen MR) is 61.7 cm³/mol. The number of rotatable bonds is 2. The van der Waals surface area contributed by atoms with Gasteiger partial charge in [0.2, 0.25) is 0 Å². The van der Waals surface area contributed by atoms with Crippen LogP contribution in [-0.4, -0.2) is 23.2 Å². The highest BCUT2D eigenvalue weighted by Crippen LogP contribution is 2.23. The summed E-state index contributed by atoms with van der Waals surface area (Å²) in [7, 11) is 0. The molecule has 0 aromatic carbocycles. The first-order valence-corrected chi connectivity index (χ1v) is 5.80. The Balaban J connectivity index is 2.40. The Morgan fingerprint density at radius 2 is 2.40 bits per heavy atom. The van der Waals surface area contributed by atoms with Crippen LogP contribution in [-0.2, 0) is 11.2 Å². The van der Waals surface area contributed by atoms with E-state index in [9.17, 15) is 0 Å². The first-order valence-electron chi connectivity index (χ1n) is 5.39. The van der Waals surface area contributed by atoms with E-state index in [0.29, 0.717) is 5.92 Å². The number of aromatic amines is 1. The molecule has 1 atom stereocenters. The Labute approximate surface area is 94.9 Å². The normalized spacial score (nSPS) is 20.8. The van der Waals surface area contributed by atoms with Crippen LogP contribution in [0.2, 0.25) is 0 Å². The van der Waals surface area contributed by atoms with Crippen molar-refractivity contribution in [3.63, 3.8) is 0 Å². The lowest BCUT2D eigenvalue weighted by atomic mass is 10.1. The molecule has 4 heteroatoms. The van der Waals surface area contributed by atoms with E-state index >= 15 is 0 Å². The zero-order valence-corrected chi connectivity index (χ0v) is 9.99. The van der Waals surface area contributed by atoms with Crippen LogP contribution in [0.4, 0.5) is 0 Å². The van der Waals surface area contributed by atoms with Crippen LogP contribution in [0.1, 0.15) is 36.3 Å². The van der Waals surface area contributed by atoms with Gasteiger partial charge in [-0.1, -0.05) is 19.1 Å². The number of aromatic nitrogens is 2. The van der Waals surface area contributed by atoms with Gasteiger partial charge in [0.25, 0.3) is 0 Å². The molecule has 2 rings (SSSR count). The molecule has 0 spiro atoms. The van der Waals surface area contributed by atoms with Crippen LogP contribution in [0.3, 0.4) is 0 Å². The Bertz CT molecular complexity index is 408. The van der Waals surface area contributed by atoms with Crippen molar-refractivity contribution in [2.45, 2.75) is 32.6 Å². The monoisotopic (exact) mass is 224 g/mol. The van der Waals surface area contributed by atoms with E-state index in [0.717, 1.165) is 42.1 Å². The second kappa shape index (κ2) is 4.41. The van der Waals surface area contributed by atoms with E-state index in [4.69, 9.17) is 17.0 Å². The van der Waals surface area contributed by atoms with Gasteiger partial charge in [0.15, 0.2) is 0 Å². The van der Waals surface area contributed by atoms with Gasteiger partial charge in [-0.3, -0.25) is 0 Å². The van der Waals surface area contributed by atoms with E-state index in [1.54, 1.807) is 0 Å². The van der Waals surface area contributed by atoms with Gasteiger partial charge in [-0.25, -0.2) is 4.98 Å². The van der Waals surface area contributed by atoms with Gasteiger partial charge in [0.1, 0.15) is 10.5 Å². The molecule has 1 aliphatic rings. The van der Waals surface area contributed by atoms with Gasteiger partial charge in [-0.05, 0) is 19.8 Å². The molecule has 0 radical (unpaired) electrons. The molecule has 1 aromatic rings. The fourth-order valence-corrected chi connectivity index (χ4v) is 2.12. The summed E-state index contributed by atoms with van der Waals surface area (Å²) in [5.41, 5.74) is 2.31. The Hall–Kier alpha value is -0.740. The largest absolute Gasteiger partial charge is 0.381 e. The highest BCUT2D eigenvalue weighted by atomic mass is 32.1. The number of hydrogen-bond donors (Lipinski definition) is 1. The van der Waals surface area contributed by atoms with E-state index in [1.165, 1.54) is 5.69 Å². The van der Waals surface area contributed by atoms with Crippen molar-refractivity contribution < 1.29 is 4.74 Å². The van der Waals surface area contributed by atoms with E-state index in [-0.39, 0.29) is 0 Å². The third-order valence-corrected chi connectivity index (χ3v) is 3.34. The van der Waals surface area contributed by atoms with Crippen molar-refractivity contribution in [1.29, 1.82) is 0 Å². The smallest absolute Gasteiger partial charge is 0.132 e. The Kier molecular flexibility index (Phi) is 3.17. The molecule has 0 bridgehead atoms. The fraction of sp³-hybridized carbons (Fsp3) is 0.636. The minimum atomic E-state index is 0.401. The molecule has 15 heavy (non-hydrogen) atoms. The number of ether oxygens (including phenoxy) is 1. The summed E-state index contributed by atoms with van der Waals surface area (Å²) in [6.07, 6.45) is 2.02. The van der Waals surface area contributed by atoms with Gasteiger partial charge in [0.05, 0.1) is 6.61 Å². The number of H-pyrrole nitrogens is 1. The van der Waals surface area contributed by atoms with Gasteiger partial charge in [-0.15, -0.1) is 0 Å². The average molecular weight is 224 g/mol. The Morgan fingerprint density at radius 3 is 3.00 bits per heavy atom. The molecule has 0 amide bonds. The van der Waals surface area contributed by atoms with Crippen molar-refractivity contribution in [3.05, 3.63) is 21.7 Å². The van der Waals surface area contributed by atoms with Crippen LogP contribution in [0.5, 0.6) is 0 Å². The number of nitrogens with one attached hydrogen (secondary N) is 1. The average Bonchev–Trinajstić information content (AvgIpc) is 2.75. The van der Waals surface area contributed by atoms with Crippen molar-refractivity contribution in [2.75, 3.05) is 13.2 Å². The summed E-state index contributed by atoms with van der Waals surface area (Å²) < 4.78 is 6.09. The maximum Gasteiger partial charge on any atom is 0.132 e. The summed E-state index contributed by atoms with van der Waals surface area (Å²) in [6.45, 7) is 5.76. The second-order valence-corrected chi connectivity index (χ2v) is 4.33. The lowest BCUT2D eigenvalue weighted by molar-refractivity contribution is 0.193. The predicted octanol–water partition coefficient (Wildman–Crippen LogP) is 2.51. The number of aryl methyl sites for hydroxylation is 1. The molecule has 1 unspecified atom stereocenters. The third kappa shape index (κ3) is 2.11. The minimum Gasteiger partial charge on any atom is -0.381 e. The molecule has 82 valence electrons. The maximum atomic E-state index is 5.36. The third-order valence-electron chi connectivity index (χ3n) is 2.94. The summed E-state index contributed by atoms with van der Waals surface area (Å²) in [6, 6.07) is 0. The molecule has 1 saturated heterocycles. The Morgan fingerprint density at radius 1 is 1.60 bits per heavy atom. The van der Waals surface area contributed by atoms with E-state index in [1.807, 2.05) is 6.92 Å². The summed E-state index contributed by atoms with van der Waals surface area (Å²) in [5.74, 6) is 1.40. The van der Waals surface area contributed by atoms with Gasteiger partial charge < -0.3 is 9.72 Å². The first kappa shape index (κ1) is 10.8. The number of nitrogens with zero attached hydrogens (tertiary/aromatic N) is 1. The summed E-state index contributed by atoms with van der Waals surface area (Å²) in [5, 5.41) is 0. The summed E-state index contributed by atoms with van der Waals surface area (Å²) in [4.78, 5) is 7.83. The van der Waals surface area contributed by atoms with E-state index < -0.39 is 0 Å². The van der Waals surface area contributed by atoms with Crippen LogP contribution < -0.4 is 0 Å². The first-order chi connectivity index (χ1) is 7.22. The highest BCUT2D eigenvalue weighted by molar-refractivity contribution is 7.71. The molecule has 1 aliphatic heterocycles. The molecule has 1 N–H and O–H groups in total. The summed E-state index contributed by atoms with van der Waals surface area (Å²) >= 11 is 5.26. The molecular weight excluding hydrogens is 208 g/mol. The van der Waals surface area contributed by atoms with Gasteiger partial charge >= 0.3 is 0 Å². The minimum absolute atomic E-state index is 0.401. The van der Waals surface area contributed by atoms with Gasteiger partial charge in [0, 0.05) is 23.8 Å². The maximum absolute atomic E-state index is 5.36. The standard InChI is InChI=1S/C11H16N2OS/c1-3-9-7(2)11(15)13-10(12-9)8-4-5-14-6-8/h8H,3-6H2,1-2H3,(H,12,13,15). The quantitative estimate of drug-likeness (QED) is 0.784. The molecule has 1 aromatic heterocycles. The van der Waals surface area contributed by atoms with Crippen molar-refractivity contribution >= 4 is 12.2 Å². The van der Waals surface area contributed by atoms with Crippen LogP contribution in [0, 0.1) is 11.6 Å². The molecule has 1 fully saturated rings. The van der Waals surface area contributed by atoms with E-state index in [2.05, 4.69) is 16.9 Å². The fourth-order valence-electron chi connectivity index (χ4n) is 1.90. The van der Waals surface area contributed by atoms with Crippen molar-refractivity contribution in [3.8, 4) is 0 Å². The lowest BCUT2D eigenvalue weighted by Gasteiger charge is -2.11. The molecule has 3 nitrogen and oxygen atoms in total. The highest BCUT2D eigenvalue weighted by Gasteiger charge is 2.20. The van der Waals surface area contributed by atoms with Gasteiger partial charge in [-0.2, -0.15) is 0 Å². The topological polar surface area (TPSA) is 37.9 Å². The molecule has 2 heterocycles. The second-order valence-electron chi connectivity index (χ2n) is 3.94. The molecule has 0 saturated carbocycles.